The molecule has 0 N–H and O–H groups in total. The fourth-order valence-electron chi connectivity index (χ4n) is 6.11. The summed E-state index contributed by atoms with van der Waals surface area (Å²) in [6, 6.07) is 6.70. The molecule has 11 heteroatoms. The van der Waals surface area contributed by atoms with Gasteiger partial charge in [0.2, 0.25) is 5.88 Å². The van der Waals surface area contributed by atoms with Crippen molar-refractivity contribution in [2.75, 3.05) is 20.3 Å². The number of ether oxygens (including phenoxy) is 4. The van der Waals surface area contributed by atoms with Gasteiger partial charge >= 0.3 is 12.1 Å². The minimum atomic E-state index is -4.61. The number of methoxy groups -OCH3 is 1. The fourth-order valence-corrected chi connectivity index (χ4v) is 6.11. The summed E-state index contributed by atoms with van der Waals surface area (Å²) in [5.41, 5.74) is 0.210. The summed E-state index contributed by atoms with van der Waals surface area (Å²) >= 11 is 0. The van der Waals surface area contributed by atoms with Crippen LogP contribution in [0, 0.1) is 18.3 Å². The van der Waals surface area contributed by atoms with Crippen molar-refractivity contribution >= 4 is 11.9 Å². The third-order valence-corrected chi connectivity index (χ3v) is 7.98. The maximum Gasteiger partial charge on any atom is 0.417 e. The number of hydrogen-bond acceptors (Lipinski definition) is 7. The number of aromatic nitrogens is 1. The highest BCUT2D eigenvalue weighted by atomic mass is 19.4. The van der Waals surface area contributed by atoms with Crippen molar-refractivity contribution in [3.8, 4) is 5.88 Å². The third kappa shape index (κ3) is 6.41. The summed E-state index contributed by atoms with van der Waals surface area (Å²) in [6.07, 6.45) is -4.19. The van der Waals surface area contributed by atoms with Crippen LogP contribution < -0.4 is 4.74 Å². The van der Waals surface area contributed by atoms with Gasteiger partial charge in [-0.3, -0.25) is 4.79 Å². The molecule has 230 valence electrons. The number of amides is 1. The van der Waals surface area contributed by atoms with E-state index < -0.39 is 53.3 Å². The molecule has 8 nitrogen and oxygen atoms in total. The number of pyridine rings is 1. The Morgan fingerprint density at radius 2 is 1.88 bits per heavy atom. The first-order valence-electron chi connectivity index (χ1n) is 14.2. The van der Waals surface area contributed by atoms with Crippen LogP contribution in [-0.4, -0.2) is 60.3 Å². The summed E-state index contributed by atoms with van der Waals surface area (Å²) in [5, 5.41) is 0. The van der Waals surface area contributed by atoms with E-state index in [1.54, 1.807) is 11.8 Å². The van der Waals surface area contributed by atoms with Crippen molar-refractivity contribution < 1.29 is 41.7 Å². The quantitative estimate of drug-likeness (QED) is 0.366. The molecule has 42 heavy (non-hydrogen) atoms. The van der Waals surface area contributed by atoms with E-state index in [1.165, 1.54) is 7.11 Å². The molecule has 1 amide bonds. The standard InChI is InChI=1S/C31H39F3N2O6/c1-7-40-29(38)25-23(30(3,4)5)26(42-17-19-15-20(31(32,33)34)16-35-27(19)39-6)24(21-12-9-8-11-18(21)2)36(25)28(37)22-13-10-14-41-22/h8-9,11-12,15-16,22-26H,7,10,13-14,17H2,1-6H3/t22-,23-,24-,25-,26-/m0/s1. The van der Waals surface area contributed by atoms with Crippen LogP contribution in [0.15, 0.2) is 36.5 Å². The van der Waals surface area contributed by atoms with E-state index in [9.17, 15) is 22.8 Å². The van der Waals surface area contributed by atoms with Crippen LogP contribution in [0.2, 0.25) is 0 Å². The molecule has 2 aromatic rings. The Labute approximate surface area is 244 Å². The average molecular weight is 593 g/mol. The number of alkyl halides is 3. The first-order chi connectivity index (χ1) is 19.8. The molecule has 2 fully saturated rings. The number of benzene rings is 1. The molecule has 3 heterocycles. The molecule has 0 spiro atoms. The molecule has 4 rings (SSSR count). The maximum atomic E-state index is 14.2. The Morgan fingerprint density at radius 3 is 2.45 bits per heavy atom. The van der Waals surface area contributed by atoms with E-state index >= 15 is 0 Å². The number of hydrogen-bond donors (Lipinski definition) is 0. The first-order valence-corrected chi connectivity index (χ1v) is 14.2. The highest BCUT2D eigenvalue weighted by Crippen LogP contribution is 2.51. The second-order valence-corrected chi connectivity index (χ2v) is 11.8. The van der Waals surface area contributed by atoms with Crippen LogP contribution in [0.25, 0.3) is 0 Å². The SMILES string of the molecule is CCOC(=O)[C@@H]1[C@H](C(C)(C)C)[C@H](OCc2cc(C(F)(F)F)cnc2OC)[C@H](c2ccccc2C)N1C(=O)[C@@H]1CCCO1. The van der Waals surface area contributed by atoms with Gasteiger partial charge in [-0.15, -0.1) is 0 Å². The van der Waals surface area contributed by atoms with Crippen LogP contribution in [0.3, 0.4) is 0 Å². The largest absolute Gasteiger partial charge is 0.481 e. The Morgan fingerprint density at radius 1 is 1.17 bits per heavy atom. The van der Waals surface area contributed by atoms with E-state index in [1.807, 2.05) is 52.0 Å². The number of carbonyl (C=O) groups excluding carboxylic acids is 2. The number of halogens is 3. The predicted octanol–water partition coefficient (Wildman–Crippen LogP) is 5.66. The number of nitrogens with zero attached hydrogens (tertiary/aromatic N) is 2. The normalized spacial score (nSPS) is 24.6. The molecule has 1 aromatic carbocycles. The minimum absolute atomic E-state index is 0.00465. The molecular weight excluding hydrogens is 553 g/mol. The van der Waals surface area contributed by atoms with E-state index in [0.29, 0.717) is 25.6 Å². The zero-order valence-corrected chi connectivity index (χ0v) is 24.9. The van der Waals surface area contributed by atoms with Crippen LogP contribution in [-0.2, 0) is 36.6 Å². The number of carbonyl (C=O) groups is 2. The Hall–Kier alpha value is -3.18. The molecule has 1 aromatic heterocycles. The van der Waals surface area contributed by atoms with Crippen molar-refractivity contribution in [3.63, 3.8) is 0 Å². The monoisotopic (exact) mass is 592 g/mol. The summed E-state index contributed by atoms with van der Waals surface area (Å²) in [6.45, 7) is 9.70. The lowest BCUT2D eigenvalue weighted by Crippen LogP contribution is -2.50. The fraction of sp³-hybridized carbons (Fsp3) is 0.581. The highest BCUT2D eigenvalue weighted by Gasteiger charge is 2.60. The number of likely N-dealkylation sites (tertiary alicyclic amines) is 1. The van der Waals surface area contributed by atoms with Crippen molar-refractivity contribution in [3.05, 3.63) is 58.8 Å². The van der Waals surface area contributed by atoms with E-state index in [-0.39, 0.29) is 30.6 Å². The van der Waals surface area contributed by atoms with Crippen LogP contribution >= 0.6 is 0 Å². The summed E-state index contributed by atoms with van der Waals surface area (Å²) in [7, 11) is 1.32. The third-order valence-electron chi connectivity index (χ3n) is 7.98. The number of rotatable bonds is 8. The second kappa shape index (κ2) is 12.6. The van der Waals surface area contributed by atoms with E-state index in [4.69, 9.17) is 18.9 Å². The van der Waals surface area contributed by atoms with Gasteiger partial charge in [0.15, 0.2) is 0 Å². The van der Waals surface area contributed by atoms with Gasteiger partial charge in [0, 0.05) is 24.3 Å². The predicted molar refractivity (Wildman–Crippen MR) is 147 cm³/mol. The zero-order valence-electron chi connectivity index (χ0n) is 24.9. The summed E-state index contributed by atoms with van der Waals surface area (Å²) < 4.78 is 63.8. The molecule has 2 aliphatic rings. The van der Waals surface area contributed by atoms with Crippen LogP contribution in [0.1, 0.15) is 68.8 Å². The van der Waals surface area contributed by atoms with Crippen molar-refractivity contribution in [2.24, 2.45) is 11.3 Å². The lowest BCUT2D eigenvalue weighted by Gasteiger charge is -2.35. The number of esters is 1. The smallest absolute Gasteiger partial charge is 0.417 e. The molecular formula is C31H39F3N2O6. The molecule has 0 radical (unpaired) electrons. The summed E-state index contributed by atoms with van der Waals surface area (Å²) in [4.78, 5) is 33.3. The molecule has 5 atom stereocenters. The molecule has 0 saturated carbocycles. The van der Waals surface area contributed by atoms with Gasteiger partial charge in [-0.2, -0.15) is 13.2 Å². The Bertz CT molecular complexity index is 1270. The van der Waals surface area contributed by atoms with Gasteiger partial charge in [-0.05, 0) is 49.3 Å². The molecule has 2 aliphatic heterocycles. The molecule has 0 unspecified atom stereocenters. The minimum Gasteiger partial charge on any atom is -0.481 e. The van der Waals surface area contributed by atoms with Crippen molar-refractivity contribution in [1.29, 1.82) is 0 Å². The Balaban J connectivity index is 1.87. The van der Waals surface area contributed by atoms with Crippen LogP contribution in [0.4, 0.5) is 13.2 Å². The van der Waals surface area contributed by atoms with E-state index in [2.05, 4.69) is 4.98 Å². The van der Waals surface area contributed by atoms with Gasteiger partial charge in [0.25, 0.3) is 5.91 Å². The van der Waals surface area contributed by atoms with E-state index in [0.717, 1.165) is 17.2 Å². The molecule has 2 saturated heterocycles. The summed E-state index contributed by atoms with van der Waals surface area (Å²) in [5.74, 6) is -1.49. The van der Waals surface area contributed by atoms with Gasteiger partial charge in [0.05, 0.1) is 38.0 Å². The van der Waals surface area contributed by atoms with Crippen LogP contribution in [0.5, 0.6) is 5.88 Å². The topological polar surface area (TPSA) is 87.2 Å². The maximum absolute atomic E-state index is 14.2. The molecule has 0 aliphatic carbocycles. The van der Waals surface area contributed by atoms with Gasteiger partial charge in [0.1, 0.15) is 12.1 Å². The van der Waals surface area contributed by atoms with Crippen molar-refractivity contribution in [1.82, 2.24) is 9.88 Å². The van der Waals surface area contributed by atoms with Gasteiger partial charge in [-0.1, -0.05) is 45.0 Å². The average Bonchev–Trinajstić information content (AvgIpc) is 3.58. The second-order valence-electron chi connectivity index (χ2n) is 11.8. The van der Waals surface area contributed by atoms with Crippen molar-refractivity contribution in [2.45, 2.75) is 84.5 Å². The lowest BCUT2D eigenvalue weighted by molar-refractivity contribution is -0.160. The first kappa shape index (κ1) is 31.7. The highest BCUT2D eigenvalue weighted by molar-refractivity contribution is 5.89. The van der Waals surface area contributed by atoms with Gasteiger partial charge < -0.3 is 23.8 Å². The number of aryl methyl sites for hydroxylation is 1. The lowest BCUT2D eigenvalue weighted by atomic mass is 9.73. The van der Waals surface area contributed by atoms with Gasteiger partial charge in [-0.25, -0.2) is 9.78 Å². The molecule has 0 bridgehead atoms. The Kier molecular flexibility index (Phi) is 9.52. The zero-order chi connectivity index (χ0) is 30.8.